The Morgan fingerprint density at radius 2 is 2.00 bits per heavy atom. The van der Waals surface area contributed by atoms with Gasteiger partial charge in [0.15, 0.2) is 0 Å². The highest BCUT2D eigenvalue weighted by atomic mass is 79.9. The standard InChI is InChI=1S/C13H17BrO2/c1-3-10(4-2)11-6-5-9(7-12(11)14)8-13(15)16/h5-7,10H,3-4,8H2,1-2H3,(H,15,16). The molecule has 3 heteroatoms. The van der Waals surface area contributed by atoms with E-state index >= 15 is 0 Å². The van der Waals surface area contributed by atoms with Crippen LogP contribution in [0.4, 0.5) is 0 Å². The zero-order chi connectivity index (χ0) is 12.1. The van der Waals surface area contributed by atoms with Crippen molar-refractivity contribution in [3.8, 4) is 0 Å². The Bertz CT molecular complexity index is 370. The molecule has 0 unspecified atom stereocenters. The molecule has 0 radical (unpaired) electrons. The summed E-state index contributed by atoms with van der Waals surface area (Å²) in [7, 11) is 0. The van der Waals surface area contributed by atoms with Crippen LogP contribution in [-0.2, 0) is 11.2 Å². The van der Waals surface area contributed by atoms with Crippen LogP contribution in [0.1, 0.15) is 43.7 Å². The van der Waals surface area contributed by atoms with Gasteiger partial charge in [0.25, 0.3) is 0 Å². The molecule has 0 aromatic heterocycles. The molecule has 0 amide bonds. The first kappa shape index (κ1) is 13.2. The number of carboxylic acid groups (broad SMARTS) is 1. The lowest BCUT2D eigenvalue weighted by Crippen LogP contribution is -2.02. The molecular weight excluding hydrogens is 268 g/mol. The Balaban J connectivity index is 2.94. The van der Waals surface area contributed by atoms with E-state index < -0.39 is 5.97 Å². The summed E-state index contributed by atoms with van der Waals surface area (Å²) in [6.45, 7) is 4.34. The van der Waals surface area contributed by atoms with E-state index in [0.29, 0.717) is 5.92 Å². The van der Waals surface area contributed by atoms with Crippen LogP contribution in [0.2, 0.25) is 0 Å². The zero-order valence-corrected chi connectivity index (χ0v) is 11.3. The quantitative estimate of drug-likeness (QED) is 0.888. The van der Waals surface area contributed by atoms with E-state index in [-0.39, 0.29) is 6.42 Å². The summed E-state index contributed by atoms with van der Waals surface area (Å²) in [5, 5.41) is 8.71. The molecule has 0 heterocycles. The van der Waals surface area contributed by atoms with Crippen molar-refractivity contribution in [2.45, 2.75) is 39.0 Å². The number of hydrogen-bond donors (Lipinski definition) is 1. The smallest absolute Gasteiger partial charge is 0.307 e. The Hall–Kier alpha value is -0.830. The average Bonchev–Trinajstić information content (AvgIpc) is 2.21. The molecule has 0 bridgehead atoms. The monoisotopic (exact) mass is 284 g/mol. The number of rotatable bonds is 5. The molecule has 0 saturated carbocycles. The first-order chi connectivity index (χ1) is 7.58. The summed E-state index contributed by atoms with van der Waals surface area (Å²) >= 11 is 3.53. The van der Waals surface area contributed by atoms with Gasteiger partial charge in [-0.2, -0.15) is 0 Å². The summed E-state index contributed by atoms with van der Waals surface area (Å²) in [6, 6.07) is 5.87. The van der Waals surface area contributed by atoms with E-state index in [4.69, 9.17) is 5.11 Å². The maximum Gasteiger partial charge on any atom is 0.307 e. The molecule has 0 aliphatic carbocycles. The lowest BCUT2D eigenvalue weighted by atomic mass is 9.93. The Kier molecular flexibility index (Phi) is 5.00. The van der Waals surface area contributed by atoms with E-state index in [9.17, 15) is 4.79 Å². The number of carbonyl (C=O) groups is 1. The van der Waals surface area contributed by atoms with Gasteiger partial charge >= 0.3 is 5.97 Å². The third-order valence-corrected chi connectivity index (χ3v) is 3.53. The molecule has 0 saturated heterocycles. The Morgan fingerprint density at radius 3 is 2.44 bits per heavy atom. The molecule has 0 fully saturated rings. The van der Waals surface area contributed by atoms with Crippen LogP contribution in [0.15, 0.2) is 22.7 Å². The van der Waals surface area contributed by atoms with Crippen LogP contribution in [0.3, 0.4) is 0 Å². The van der Waals surface area contributed by atoms with Gasteiger partial charge in [-0.25, -0.2) is 0 Å². The molecule has 0 atom stereocenters. The molecule has 1 rings (SSSR count). The van der Waals surface area contributed by atoms with Crippen LogP contribution in [-0.4, -0.2) is 11.1 Å². The van der Waals surface area contributed by atoms with Crippen molar-refractivity contribution in [3.05, 3.63) is 33.8 Å². The maximum atomic E-state index is 10.6. The lowest BCUT2D eigenvalue weighted by molar-refractivity contribution is -0.136. The molecule has 0 spiro atoms. The highest BCUT2D eigenvalue weighted by molar-refractivity contribution is 9.10. The van der Waals surface area contributed by atoms with E-state index in [0.717, 1.165) is 22.9 Å². The number of halogens is 1. The van der Waals surface area contributed by atoms with Crippen molar-refractivity contribution >= 4 is 21.9 Å². The maximum absolute atomic E-state index is 10.6. The lowest BCUT2D eigenvalue weighted by Gasteiger charge is -2.15. The first-order valence-corrected chi connectivity index (χ1v) is 6.37. The Labute approximate surface area is 105 Å². The van der Waals surface area contributed by atoms with Crippen LogP contribution in [0.5, 0.6) is 0 Å². The molecule has 0 aliphatic rings. The minimum atomic E-state index is -0.790. The molecule has 2 nitrogen and oxygen atoms in total. The highest BCUT2D eigenvalue weighted by Crippen LogP contribution is 2.30. The third-order valence-electron chi connectivity index (χ3n) is 2.85. The van der Waals surface area contributed by atoms with Crippen molar-refractivity contribution in [2.75, 3.05) is 0 Å². The van der Waals surface area contributed by atoms with Gasteiger partial charge in [-0.05, 0) is 36.0 Å². The van der Waals surface area contributed by atoms with Gasteiger partial charge in [0, 0.05) is 4.47 Å². The molecule has 1 aromatic rings. The van der Waals surface area contributed by atoms with Crippen molar-refractivity contribution in [1.29, 1.82) is 0 Å². The summed E-state index contributed by atoms with van der Waals surface area (Å²) in [4.78, 5) is 10.6. The fourth-order valence-electron chi connectivity index (χ4n) is 1.91. The number of aliphatic carboxylic acids is 1. The minimum absolute atomic E-state index is 0.0851. The molecule has 0 aliphatic heterocycles. The van der Waals surface area contributed by atoms with E-state index in [1.807, 2.05) is 18.2 Å². The average molecular weight is 285 g/mol. The second-order valence-corrected chi connectivity index (χ2v) is 4.79. The van der Waals surface area contributed by atoms with Gasteiger partial charge < -0.3 is 5.11 Å². The van der Waals surface area contributed by atoms with Gasteiger partial charge in [0.2, 0.25) is 0 Å². The first-order valence-electron chi connectivity index (χ1n) is 5.58. The molecule has 1 N–H and O–H groups in total. The van der Waals surface area contributed by atoms with Gasteiger partial charge in [-0.15, -0.1) is 0 Å². The predicted molar refractivity (Wildman–Crippen MR) is 68.8 cm³/mol. The van der Waals surface area contributed by atoms with Gasteiger partial charge in [-0.1, -0.05) is 41.9 Å². The van der Waals surface area contributed by atoms with E-state index in [1.165, 1.54) is 5.56 Å². The van der Waals surface area contributed by atoms with Gasteiger partial charge in [0.1, 0.15) is 0 Å². The van der Waals surface area contributed by atoms with Crippen molar-refractivity contribution in [2.24, 2.45) is 0 Å². The van der Waals surface area contributed by atoms with Crippen molar-refractivity contribution < 1.29 is 9.90 Å². The van der Waals surface area contributed by atoms with E-state index in [1.54, 1.807) is 0 Å². The zero-order valence-electron chi connectivity index (χ0n) is 9.66. The van der Waals surface area contributed by atoms with Crippen LogP contribution < -0.4 is 0 Å². The number of hydrogen-bond acceptors (Lipinski definition) is 1. The minimum Gasteiger partial charge on any atom is -0.481 e. The van der Waals surface area contributed by atoms with Crippen molar-refractivity contribution in [3.63, 3.8) is 0 Å². The molecular formula is C13H17BrO2. The van der Waals surface area contributed by atoms with Crippen LogP contribution in [0.25, 0.3) is 0 Å². The largest absolute Gasteiger partial charge is 0.481 e. The third kappa shape index (κ3) is 3.34. The van der Waals surface area contributed by atoms with Gasteiger partial charge in [-0.3, -0.25) is 4.79 Å². The fourth-order valence-corrected chi connectivity index (χ4v) is 2.66. The summed E-state index contributed by atoms with van der Waals surface area (Å²) in [5.41, 5.74) is 2.12. The summed E-state index contributed by atoms with van der Waals surface area (Å²) in [5.74, 6) is -0.240. The molecule has 16 heavy (non-hydrogen) atoms. The summed E-state index contributed by atoms with van der Waals surface area (Å²) in [6.07, 6.45) is 2.29. The van der Waals surface area contributed by atoms with Crippen molar-refractivity contribution in [1.82, 2.24) is 0 Å². The van der Waals surface area contributed by atoms with Crippen LogP contribution in [0, 0.1) is 0 Å². The fraction of sp³-hybridized carbons (Fsp3) is 0.462. The van der Waals surface area contributed by atoms with Gasteiger partial charge in [0.05, 0.1) is 6.42 Å². The summed E-state index contributed by atoms with van der Waals surface area (Å²) < 4.78 is 1.03. The normalized spacial score (nSPS) is 10.8. The second kappa shape index (κ2) is 6.04. The second-order valence-electron chi connectivity index (χ2n) is 3.94. The SMILES string of the molecule is CCC(CC)c1ccc(CC(=O)O)cc1Br. The van der Waals surface area contributed by atoms with Crippen LogP contribution >= 0.6 is 15.9 Å². The Morgan fingerprint density at radius 1 is 1.38 bits per heavy atom. The number of carboxylic acids is 1. The highest BCUT2D eigenvalue weighted by Gasteiger charge is 2.11. The van der Waals surface area contributed by atoms with E-state index in [2.05, 4.69) is 29.8 Å². The number of benzene rings is 1. The topological polar surface area (TPSA) is 37.3 Å². The predicted octanol–water partition coefficient (Wildman–Crippen LogP) is 3.98. The molecule has 1 aromatic carbocycles. The molecule has 88 valence electrons.